The van der Waals surface area contributed by atoms with Gasteiger partial charge in [-0.15, -0.1) is 0 Å². The van der Waals surface area contributed by atoms with Gasteiger partial charge in [-0.05, 0) is 38.1 Å². The summed E-state index contributed by atoms with van der Waals surface area (Å²) in [7, 11) is -1.49. The zero-order valence-electron chi connectivity index (χ0n) is 12.6. The molecule has 0 spiro atoms. The fourth-order valence-corrected chi connectivity index (χ4v) is 4.34. The normalized spacial score (nSPS) is 21.6. The van der Waals surface area contributed by atoms with E-state index < -0.39 is 10.0 Å². The molecular formula is C14H22ClN3O2S. The van der Waals surface area contributed by atoms with Crippen molar-refractivity contribution in [1.29, 1.82) is 0 Å². The molecule has 1 heterocycles. The van der Waals surface area contributed by atoms with Crippen molar-refractivity contribution in [2.75, 3.05) is 32.4 Å². The maximum atomic E-state index is 12.8. The first kappa shape index (κ1) is 16.5. The average molecular weight is 332 g/mol. The van der Waals surface area contributed by atoms with Crippen molar-refractivity contribution in [3.63, 3.8) is 0 Å². The maximum absolute atomic E-state index is 12.8. The van der Waals surface area contributed by atoms with Gasteiger partial charge < -0.3 is 10.6 Å². The van der Waals surface area contributed by atoms with Gasteiger partial charge in [-0.25, -0.2) is 8.42 Å². The Kier molecular flexibility index (Phi) is 4.82. The Hall–Kier alpha value is -0.820. The zero-order chi connectivity index (χ0) is 15.8. The highest BCUT2D eigenvalue weighted by Crippen LogP contribution is 2.29. The summed E-state index contributed by atoms with van der Waals surface area (Å²) < 4.78 is 27.1. The highest BCUT2D eigenvalue weighted by molar-refractivity contribution is 7.89. The van der Waals surface area contributed by atoms with Crippen molar-refractivity contribution in [1.82, 2.24) is 9.21 Å². The maximum Gasteiger partial charge on any atom is 0.243 e. The molecule has 118 valence electrons. The summed E-state index contributed by atoms with van der Waals surface area (Å²) in [5.41, 5.74) is 6.78. The Bertz CT molecular complexity index is 610. The van der Waals surface area contributed by atoms with Crippen LogP contribution in [0.1, 0.15) is 18.9 Å². The minimum atomic E-state index is -3.52. The van der Waals surface area contributed by atoms with Crippen LogP contribution in [0, 0.1) is 6.92 Å². The van der Waals surface area contributed by atoms with Crippen LogP contribution < -0.4 is 5.73 Å². The van der Waals surface area contributed by atoms with Crippen LogP contribution in [0.5, 0.6) is 0 Å². The lowest BCUT2D eigenvalue weighted by Crippen LogP contribution is -2.52. The molecule has 7 heteroatoms. The van der Waals surface area contributed by atoms with Gasteiger partial charge in [0.05, 0.1) is 15.6 Å². The summed E-state index contributed by atoms with van der Waals surface area (Å²) >= 11 is 6.01. The van der Waals surface area contributed by atoms with Crippen LogP contribution in [-0.2, 0) is 10.0 Å². The molecule has 2 rings (SSSR count). The molecule has 1 unspecified atom stereocenters. The molecule has 0 radical (unpaired) electrons. The van der Waals surface area contributed by atoms with Gasteiger partial charge in [0.25, 0.3) is 0 Å². The highest BCUT2D eigenvalue weighted by atomic mass is 35.5. The number of anilines is 1. The topological polar surface area (TPSA) is 66.6 Å². The third-order valence-electron chi connectivity index (χ3n) is 4.11. The fraction of sp³-hybridized carbons (Fsp3) is 0.571. The first-order valence-corrected chi connectivity index (χ1v) is 8.85. The number of likely N-dealkylation sites (N-methyl/N-ethyl adjacent to an activating group) is 1. The standard InChI is InChI=1S/C14H22ClN3O2S/c1-4-11-9-18(6-5-17(11)3)21(19,20)12-7-10(2)14(15)13(16)8-12/h7-8,11H,4-6,9,16H2,1-3H3. The number of piperazine rings is 1. The summed E-state index contributed by atoms with van der Waals surface area (Å²) in [6.07, 6.45) is 0.921. The fourth-order valence-electron chi connectivity index (χ4n) is 2.64. The number of aryl methyl sites for hydroxylation is 1. The van der Waals surface area contributed by atoms with Gasteiger partial charge in [0.2, 0.25) is 10.0 Å². The molecule has 1 aromatic carbocycles. The Labute approximate surface area is 131 Å². The average Bonchev–Trinajstić information content (AvgIpc) is 2.44. The van der Waals surface area contributed by atoms with E-state index in [1.807, 2.05) is 7.05 Å². The lowest BCUT2D eigenvalue weighted by Gasteiger charge is -2.38. The SMILES string of the molecule is CCC1CN(S(=O)(=O)c2cc(C)c(Cl)c(N)c2)CCN1C. The van der Waals surface area contributed by atoms with Crippen molar-refractivity contribution in [3.05, 3.63) is 22.7 Å². The van der Waals surface area contributed by atoms with Crippen molar-refractivity contribution < 1.29 is 8.42 Å². The molecule has 0 aromatic heterocycles. The molecule has 0 saturated carbocycles. The third kappa shape index (κ3) is 3.18. The van der Waals surface area contributed by atoms with E-state index in [0.717, 1.165) is 13.0 Å². The number of benzene rings is 1. The van der Waals surface area contributed by atoms with E-state index in [0.29, 0.717) is 29.4 Å². The molecule has 1 aliphatic heterocycles. The molecular weight excluding hydrogens is 310 g/mol. The number of hydrogen-bond donors (Lipinski definition) is 1. The minimum absolute atomic E-state index is 0.223. The Morgan fingerprint density at radius 2 is 2.05 bits per heavy atom. The molecule has 1 saturated heterocycles. The van der Waals surface area contributed by atoms with Crippen molar-refractivity contribution in [2.24, 2.45) is 0 Å². The first-order chi connectivity index (χ1) is 9.77. The van der Waals surface area contributed by atoms with Crippen LogP contribution in [0.15, 0.2) is 17.0 Å². The van der Waals surface area contributed by atoms with Crippen molar-refractivity contribution >= 4 is 27.3 Å². The van der Waals surface area contributed by atoms with Crippen LogP contribution in [0.25, 0.3) is 0 Å². The number of nitrogens with zero attached hydrogens (tertiary/aromatic N) is 2. The number of nitrogen functional groups attached to an aromatic ring is 1. The first-order valence-electron chi connectivity index (χ1n) is 7.03. The van der Waals surface area contributed by atoms with Gasteiger partial charge in [0.15, 0.2) is 0 Å². The van der Waals surface area contributed by atoms with Crippen molar-refractivity contribution in [3.8, 4) is 0 Å². The van der Waals surface area contributed by atoms with Gasteiger partial charge in [0, 0.05) is 25.7 Å². The van der Waals surface area contributed by atoms with E-state index >= 15 is 0 Å². The molecule has 1 fully saturated rings. The Balaban J connectivity index is 2.34. The second-order valence-electron chi connectivity index (χ2n) is 5.55. The Morgan fingerprint density at radius 1 is 1.38 bits per heavy atom. The molecule has 0 bridgehead atoms. The summed E-state index contributed by atoms with van der Waals surface area (Å²) in [6, 6.07) is 3.29. The molecule has 0 amide bonds. The Morgan fingerprint density at radius 3 is 2.62 bits per heavy atom. The lowest BCUT2D eigenvalue weighted by molar-refractivity contribution is 0.144. The highest BCUT2D eigenvalue weighted by Gasteiger charge is 2.32. The van der Waals surface area contributed by atoms with Crippen molar-refractivity contribution in [2.45, 2.75) is 31.2 Å². The second-order valence-corrected chi connectivity index (χ2v) is 7.87. The smallest absolute Gasteiger partial charge is 0.243 e. The summed E-state index contributed by atoms with van der Waals surface area (Å²) in [6.45, 7) is 5.58. The van der Waals surface area contributed by atoms with E-state index in [9.17, 15) is 8.42 Å². The van der Waals surface area contributed by atoms with E-state index in [4.69, 9.17) is 17.3 Å². The summed E-state index contributed by atoms with van der Waals surface area (Å²) in [5, 5.41) is 0.416. The molecule has 1 aromatic rings. The van der Waals surface area contributed by atoms with Crippen LogP contribution in [-0.4, -0.2) is 50.3 Å². The van der Waals surface area contributed by atoms with Gasteiger partial charge in [-0.1, -0.05) is 18.5 Å². The molecule has 1 atom stereocenters. The molecule has 5 nitrogen and oxygen atoms in total. The van der Waals surface area contributed by atoms with Gasteiger partial charge in [-0.2, -0.15) is 4.31 Å². The molecule has 0 aliphatic carbocycles. The van der Waals surface area contributed by atoms with E-state index in [-0.39, 0.29) is 10.9 Å². The number of halogens is 1. The van der Waals surface area contributed by atoms with Gasteiger partial charge in [0.1, 0.15) is 0 Å². The minimum Gasteiger partial charge on any atom is -0.397 e. The molecule has 1 aliphatic rings. The third-order valence-corrected chi connectivity index (χ3v) is 6.46. The predicted octanol–water partition coefficient (Wildman–Crippen LogP) is 1.95. The molecule has 21 heavy (non-hydrogen) atoms. The van der Waals surface area contributed by atoms with E-state index in [1.165, 1.54) is 6.07 Å². The predicted molar refractivity (Wildman–Crippen MR) is 86.1 cm³/mol. The number of nitrogens with two attached hydrogens (primary N) is 1. The zero-order valence-corrected chi connectivity index (χ0v) is 14.2. The number of rotatable bonds is 3. The number of sulfonamides is 1. The lowest BCUT2D eigenvalue weighted by atomic mass is 10.1. The van der Waals surface area contributed by atoms with Crippen LogP contribution >= 0.6 is 11.6 Å². The molecule has 2 N–H and O–H groups in total. The number of hydrogen-bond acceptors (Lipinski definition) is 4. The second kappa shape index (κ2) is 6.12. The van der Waals surface area contributed by atoms with Crippen LogP contribution in [0.3, 0.4) is 0 Å². The largest absolute Gasteiger partial charge is 0.397 e. The van der Waals surface area contributed by atoms with Gasteiger partial charge in [-0.3, -0.25) is 0 Å². The summed E-state index contributed by atoms with van der Waals surface area (Å²) in [5.74, 6) is 0. The van der Waals surface area contributed by atoms with Gasteiger partial charge >= 0.3 is 0 Å². The summed E-state index contributed by atoms with van der Waals surface area (Å²) in [4.78, 5) is 2.43. The van der Waals surface area contributed by atoms with Crippen LogP contribution in [0.4, 0.5) is 5.69 Å². The van der Waals surface area contributed by atoms with Crippen LogP contribution in [0.2, 0.25) is 5.02 Å². The monoisotopic (exact) mass is 331 g/mol. The quantitative estimate of drug-likeness (QED) is 0.860. The van der Waals surface area contributed by atoms with E-state index in [1.54, 1.807) is 17.3 Å². The van der Waals surface area contributed by atoms with E-state index in [2.05, 4.69) is 11.8 Å².